The van der Waals surface area contributed by atoms with Crippen molar-refractivity contribution in [3.63, 3.8) is 0 Å². The molecule has 86 valence electrons. The molecule has 5 heteroatoms. The van der Waals surface area contributed by atoms with Crippen molar-refractivity contribution in [3.8, 4) is 0 Å². The summed E-state index contributed by atoms with van der Waals surface area (Å²) in [6, 6.07) is 6.56. The Balaban J connectivity index is 2.58. The number of nitrogens with two attached hydrogens (primary N) is 1. The van der Waals surface area contributed by atoms with Crippen LogP contribution in [0.4, 0.5) is 5.69 Å². The highest BCUT2D eigenvalue weighted by atomic mass is 16.3. The Kier molecular flexibility index (Phi) is 4.60. The van der Waals surface area contributed by atoms with E-state index in [2.05, 4.69) is 5.18 Å². The molecule has 2 N–H and O–H groups in total. The van der Waals surface area contributed by atoms with Crippen molar-refractivity contribution < 1.29 is 4.79 Å². The van der Waals surface area contributed by atoms with Gasteiger partial charge in [-0.3, -0.25) is 9.80 Å². The van der Waals surface area contributed by atoms with Crippen LogP contribution in [0.3, 0.4) is 0 Å². The van der Waals surface area contributed by atoms with Gasteiger partial charge in [0.2, 0.25) is 5.91 Å². The molecule has 0 aliphatic rings. The molecule has 0 bridgehead atoms. The highest BCUT2D eigenvalue weighted by molar-refractivity contribution is 5.78. The zero-order valence-electron chi connectivity index (χ0n) is 9.22. The van der Waals surface area contributed by atoms with Gasteiger partial charge >= 0.3 is 0 Å². The smallest absolute Gasteiger partial charge is 0.240 e. The molecule has 0 spiro atoms. The minimum Gasteiger partial charge on any atom is -0.280 e. The summed E-state index contributed by atoms with van der Waals surface area (Å²) in [5, 5.41) is 4.00. The van der Waals surface area contributed by atoms with Gasteiger partial charge in [0.15, 0.2) is 0 Å². The molecule has 16 heavy (non-hydrogen) atoms. The van der Waals surface area contributed by atoms with Crippen LogP contribution in [0, 0.1) is 4.91 Å². The van der Waals surface area contributed by atoms with Crippen LogP contribution in [-0.2, 0) is 11.2 Å². The van der Waals surface area contributed by atoms with Crippen LogP contribution in [-0.4, -0.2) is 17.5 Å². The molecule has 0 unspecified atom stereocenters. The average Bonchev–Trinajstić information content (AvgIpc) is 2.30. The predicted molar refractivity (Wildman–Crippen MR) is 61.8 cm³/mol. The number of hydrogen-bond donors (Lipinski definition) is 1. The van der Waals surface area contributed by atoms with Crippen LogP contribution in [0.15, 0.2) is 29.4 Å². The lowest BCUT2D eigenvalue weighted by atomic mass is 10.1. The third-order valence-electron chi connectivity index (χ3n) is 2.18. The standard InChI is InChI=1S/C11H15N3O2/c1-2-7-14(12)11(15)8-9-3-5-10(13-16)6-4-9/h3-6H,2,7-8,12H2,1H3. The summed E-state index contributed by atoms with van der Waals surface area (Å²) in [5.41, 5.74) is 1.18. The number of hydrogen-bond acceptors (Lipinski definition) is 4. The number of nitroso groups, excluding NO2 is 1. The lowest BCUT2D eigenvalue weighted by Crippen LogP contribution is -2.38. The van der Waals surface area contributed by atoms with Crippen molar-refractivity contribution in [2.24, 2.45) is 11.0 Å². The molecular weight excluding hydrogens is 206 g/mol. The predicted octanol–water partition coefficient (Wildman–Crippen LogP) is 1.74. The van der Waals surface area contributed by atoms with Gasteiger partial charge in [-0.05, 0) is 29.3 Å². The van der Waals surface area contributed by atoms with Gasteiger partial charge in [-0.15, -0.1) is 4.91 Å². The Morgan fingerprint density at radius 1 is 1.38 bits per heavy atom. The fourth-order valence-corrected chi connectivity index (χ4v) is 1.32. The maximum Gasteiger partial charge on any atom is 0.240 e. The highest BCUT2D eigenvalue weighted by Crippen LogP contribution is 2.12. The second-order valence-corrected chi connectivity index (χ2v) is 3.52. The third kappa shape index (κ3) is 3.43. The minimum atomic E-state index is -0.131. The van der Waals surface area contributed by atoms with Crippen molar-refractivity contribution in [1.82, 2.24) is 5.01 Å². The van der Waals surface area contributed by atoms with Gasteiger partial charge in [0.05, 0.1) is 6.42 Å². The summed E-state index contributed by atoms with van der Waals surface area (Å²) in [7, 11) is 0. The molecule has 0 aromatic heterocycles. The van der Waals surface area contributed by atoms with Crippen molar-refractivity contribution in [2.45, 2.75) is 19.8 Å². The van der Waals surface area contributed by atoms with Crippen molar-refractivity contribution >= 4 is 11.6 Å². The maximum absolute atomic E-state index is 11.6. The molecule has 5 nitrogen and oxygen atoms in total. The summed E-state index contributed by atoms with van der Waals surface area (Å²) in [5.74, 6) is 5.42. The topological polar surface area (TPSA) is 75.8 Å². The Bertz CT molecular complexity index is 362. The Hall–Kier alpha value is -1.75. The number of carbonyl (C=O) groups excluding carboxylic acids is 1. The maximum atomic E-state index is 11.6. The molecule has 0 saturated carbocycles. The molecule has 1 aromatic rings. The molecule has 0 radical (unpaired) electrons. The Morgan fingerprint density at radius 3 is 2.50 bits per heavy atom. The van der Waals surface area contributed by atoms with Gasteiger partial charge in [-0.2, -0.15) is 0 Å². The molecule has 0 fully saturated rings. The van der Waals surface area contributed by atoms with Gasteiger partial charge in [-0.25, -0.2) is 5.84 Å². The van der Waals surface area contributed by atoms with Gasteiger partial charge < -0.3 is 0 Å². The number of hydrazine groups is 1. The number of amides is 1. The van der Waals surface area contributed by atoms with Crippen LogP contribution in [0.1, 0.15) is 18.9 Å². The normalized spacial score (nSPS) is 9.88. The molecule has 0 atom stereocenters. The quantitative estimate of drug-likeness (QED) is 0.356. The van der Waals surface area contributed by atoms with E-state index < -0.39 is 0 Å². The van der Waals surface area contributed by atoms with E-state index in [9.17, 15) is 9.70 Å². The summed E-state index contributed by atoms with van der Waals surface area (Å²) >= 11 is 0. The second-order valence-electron chi connectivity index (χ2n) is 3.52. The first-order valence-corrected chi connectivity index (χ1v) is 5.14. The van der Waals surface area contributed by atoms with Gasteiger partial charge in [-0.1, -0.05) is 19.1 Å². The molecular formula is C11H15N3O2. The summed E-state index contributed by atoms with van der Waals surface area (Å²) in [6.07, 6.45) is 1.08. The highest BCUT2D eigenvalue weighted by Gasteiger charge is 2.09. The van der Waals surface area contributed by atoms with Gasteiger partial charge in [0, 0.05) is 6.54 Å². The zero-order chi connectivity index (χ0) is 12.0. The fourth-order valence-electron chi connectivity index (χ4n) is 1.32. The molecule has 0 heterocycles. The van der Waals surface area contributed by atoms with Crippen LogP contribution in [0.5, 0.6) is 0 Å². The molecule has 1 aromatic carbocycles. The van der Waals surface area contributed by atoms with E-state index in [0.717, 1.165) is 12.0 Å². The largest absolute Gasteiger partial charge is 0.280 e. The van der Waals surface area contributed by atoms with E-state index >= 15 is 0 Å². The van der Waals surface area contributed by atoms with Crippen LogP contribution >= 0.6 is 0 Å². The van der Waals surface area contributed by atoms with Crippen molar-refractivity contribution in [2.75, 3.05) is 6.54 Å². The molecule has 0 aliphatic carbocycles. The summed E-state index contributed by atoms with van der Waals surface area (Å²) < 4.78 is 0. The van der Waals surface area contributed by atoms with E-state index in [1.54, 1.807) is 24.3 Å². The van der Waals surface area contributed by atoms with E-state index in [1.807, 2.05) is 6.92 Å². The van der Waals surface area contributed by atoms with Crippen LogP contribution in [0.25, 0.3) is 0 Å². The molecule has 0 saturated heterocycles. The SMILES string of the molecule is CCCN(N)C(=O)Cc1ccc(N=O)cc1. The van der Waals surface area contributed by atoms with E-state index in [1.165, 1.54) is 5.01 Å². The third-order valence-corrected chi connectivity index (χ3v) is 2.18. The second kappa shape index (κ2) is 5.97. The zero-order valence-corrected chi connectivity index (χ0v) is 9.22. The fraction of sp³-hybridized carbons (Fsp3) is 0.364. The lowest BCUT2D eigenvalue weighted by Gasteiger charge is -2.15. The van der Waals surface area contributed by atoms with E-state index in [0.29, 0.717) is 12.2 Å². The monoisotopic (exact) mass is 221 g/mol. The van der Waals surface area contributed by atoms with E-state index in [4.69, 9.17) is 5.84 Å². The van der Waals surface area contributed by atoms with E-state index in [-0.39, 0.29) is 12.3 Å². The van der Waals surface area contributed by atoms with Gasteiger partial charge in [0.25, 0.3) is 0 Å². The lowest BCUT2D eigenvalue weighted by molar-refractivity contribution is -0.130. The summed E-state index contributed by atoms with van der Waals surface area (Å²) in [6.45, 7) is 2.50. The Morgan fingerprint density at radius 2 is 2.00 bits per heavy atom. The first-order chi connectivity index (χ1) is 7.67. The number of benzene rings is 1. The first-order valence-electron chi connectivity index (χ1n) is 5.14. The average molecular weight is 221 g/mol. The van der Waals surface area contributed by atoms with Gasteiger partial charge in [0.1, 0.15) is 5.69 Å². The van der Waals surface area contributed by atoms with Crippen LogP contribution < -0.4 is 5.84 Å². The Labute approximate surface area is 94.2 Å². The summed E-state index contributed by atoms with van der Waals surface area (Å²) in [4.78, 5) is 21.8. The number of nitrogens with zero attached hydrogens (tertiary/aromatic N) is 2. The van der Waals surface area contributed by atoms with Crippen molar-refractivity contribution in [3.05, 3.63) is 34.7 Å². The first kappa shape index (κ1) is 12.3. The van der Waals surface area contributed by atoms with Crippen molar-refractivity contribution in [1.29, 1.82) is 0 Å². The molecule has 0 aliphatic heterocycles. The molecule has 1 rings (SSSR count). The van der Waals surface area contributed by atoms with Crippen LogP contribution in [0.2, 0.25) is 0 Å². The molecule has 1 amide bonds. The number of carbonyl (C=O) groups is 1. The minimum absolute atomic E-state index is 0.131. The number of rotatable bonds is 5.